The summed E-state index contributed by atoms with van der Waals surface area (Å²) in [5.41, 5.74) is 6.09. The van der Waals surface area contributed by atoms with Crippen LogP contribution in [0.5, 0.6) is 0 Å². The van der Waals surface area contributed by atoms with Gasteiger partial charge < -0.3 is 4.90 Å². The highest BCUT2D eigenvalue weighted by Crippen LogP contribution is 2.51. The van der Waals surface area contributed by atoms with E-state index in [0.29, 0.717) is 15.1 Å². The van der Waals surface area contributed by atoms with Gasteiger partial charge in [-0.3, -0.25) is 9.69 Å². The molecule has 0 N–H and O–H groups in total. The van der Waals surface area contributed by atoms with Gasteiger partial charge in [0.15, 0.2) is 5.17 Å². The Balaban J connectivity index is 1.65. The third-order valence-corrected chi connectivity index (χ3v) is 8.36. The smallest absolute Gasteiger partial charge is 0.274 e. The lowest BCUT2D eigenvalue weighted by Gasteiger charge is -2.19. The maximum Gasteiger partial charge on any atom is 0.274 e. The van der Waals surface area contributed by atoms with Gasteiger partial charge in [-0.1, -0.05) is 53.2 Å². The fourth-order valence-electron chi connectivity index (χ4n) is 4.14. The molecule has 1 saturated heterocycles. The van der Waals surface area contributed by atoms with Crippen LogP contribution in [-0.2, 0) is 4.79 Å². The van der Waals surface area contributed by atoms with Crippen LogP contribution in [0.1, 0.15) is 23.6 Å². The molecule has 0 bridgehead atoms. The van der Waals surface area contributed by atoms with E-state index in [-0.39, 0.29) is 5.91 Å². The molecule has 7 heteroatoms. The lowest BCUT2D eigenvalue weighted by molar-refractivity contribution is -0.113. The summed E-state index contributed by atoms with van der Waals surface area (Å²) >= 11 is 9.34. The van der Waals surface area contributed by atoms with Gasteiger partial charge in [0.2, 0.25) is 0 Å². The summed E-state index contributed by atoms with van der Waals surface area (Å²) < 4.78 is 0. The van der Waals surface area contributed by atoms with Crippen LogP contribution in [0.3, 0.4) is 0 Å². The number of benzene rings is 3. The van der Waals surface area contributed by atoms with Crippen molar-refractivity contribution < 1.29 is 4.79 Å². The van der Waals surface area contributed by atoms with Crippen LogP contribution >= 0.6 is 35.1 Å². The molecule has 5 rings (SSSR count). The van der Waals surface area contributed by atoms with Crippen molar-refractivity contribution in [1.29, 1.82) is 0 Å². The number of rotatable bonds is 3. The number of halogens is 1. The summed E-state index contributed by atoms with van der Waals surface area (Å²) in [5, 5.41) is 2.28. The standard InChI is InChI=1S/C27H24ClN3OS2/c1-5-30-22-15-19(28)10-12-23(22)33-26(30)24-25(32)31(20-8-6-7-16(2)14-20)27(34-24)29-21-11-9-17(3)13-18(21)4/h6-15H,5H2,1-4H3. The van der Waals surface area contributed by atoms with Crippen molar-refractivity contribution in [2.24, 2.45) is 4.99 Å². The first-order valence-corrected chi connectivity index (χ1v) is 13.1. The molecule has 0 radical (unpaired) electrons. The molecule has 3 aromatic rings. The van der Waals surface area contributed by atoms with Crippen LogP contribution in [0.4, 0.5) is 17.1 Å². The third-order valence-electron chi connectivity index (χ3n) is 5.78. The zero-order valence-corrected chi connectivity index (χ0v) is 21.8. The summed E-state index contributed by atoms with van der Waals surface area (Å²) in [7, 11) is 0. The molecule has 2 aliphatic heterocycles. The van der Waals surface area contributed by atoms with Gasteiger partial charge in [0.1, 0.15) is 9.93 Å². The zero-order chi connectivity index (χ0) is 24.0. The Bertz CT molecular complexity index is 1380. The Kier molecular flexibility index (Phi) is 6.23. The normalized spacial score (nSPS) is 18.9. The Morgan fingerprint density at radius 1 is 0.941 bits per heavy atom. The van der Waals surface area contributed by atoms with E-state index in [4.69, 9.17) is 16.6 Å². The van der Waals surface area contributed by atoms with Crippen molar-refractivity contribution in [3.8, 4) is 0 Å². The molecule has 0 unspecified atom stereocenters. The number of carbonyl (C=O) groups is 1. The highest BCUT2D eigenvalue weighted by molar-refractivity contribution is 8.20. The lowest BCUT2D eigenvalue weighted by atomic mass is 10.1. The maximum atomic E-state index is 13.9. The number of aliphatic imine (C=N–C) groups is 1. The second-order valence-corrected chi connectivity index (χ2v) is 10.8. The Morgan fingerprint density at radius 3 is 2.47 bits per heavy atom. The van der Waals surface area contributed by atoms with Gasteiger partial charge >= 0.3 is 0 Å². The number of amidine groups is 1. The van der Waals surface area contributed by atoms with E-state index >= 15 is 0 Å². The highest BCUT2D eigenvalue weighted by atomic mass is 35.5. The van der Waals surface area contributed by atoms with Crippen molar-refractivity contribution in [2.45, 2.75) is 32.6 Å². The number of fused-ring (bicyclic) bond motifs is 1. The van der Waals surface area contributed by atoms with E-state index in [1.54, 1.807) is 16.7 Å². The lowest BCUT2D eigenvalue weighted by Crippen LogP contribution is -2.29. The van der Waals surface area contributed by atoms with Crippen LogP contribution in [-0.4, -0.2) is 17.6 Å². The maximum absolute atomic E-state index is 13.9. The Morgan fingerprint density at radius 2 is 1.74 bits per heavy atom. The topological polar surface area (TPSA) is 35.9 Å². The fraction of sp³-hybridized carbons (Fsp3) is 0.185. The van der Waals surface area contributed by atoms with Crippen molar-refractivity contribution >= 4 is 63.3 Å². The van der Waals surface area contributed by atoms with Gasteiger partial charge in [-0.15, -0.1) is 0 Å². The van der Waals surface area contributed by atoms with E-state index < -0.39 is 0 Å². The first kappa shape index (κ1) is 23.1. The van der Waals surface area contributed by atoms with Crippen LogP contribution < -0.4 is 9.80 Å². The van der Waals surface area contributed by atoms with Crippen molar-refractivity contribution in [2.75, 3.05) is 16.3 Å². The molecule has 4 nitrogen and oxygen atoms in total. The molecule has 0 spiro atoms. The SMILES string of the molecule is CCN1C(=C2SC(=Nc3ccc(C)cc3C)N(c3cccc(C)c3)C2=O)Sc2ccc(Cl)cc21. The number of carbonyl (C=O) groups excluding carboxylic acids is 1. The van der Waals surface area contributed by atoms with Crippen molar-refractivity contribution in [3.63, 3.8) is 0 Å². The van der Waals surface area contributed by atoms with Crippen molar-refractivity contribution in [1.82, 2.24) is 0 Å². The molecule has 172 valence electrons. The van der Waals surface area contributed by atoms with Crippen LogP contribution in [0.15, 0.2) is 80.5 Å². The van der Waals surface area contributed by atoms with Gasteiger partial charge in [-0.05, 0) is 87.0 Å². The number of anilines is 2. The molecule has 3 aromatic carbocycles. The van der Waals surface area contributed by atoms with Gasteiger partial charge in [0.05, 0.1) is 17.1 Å². The molecule has 0 saturated carbocycles. The molecule has 0 atom stereocenters. The number of nitrogens with zero attached hydrogens (tertiary/aromatic N) is 3. The highest BCUT2D eigenvalue weighted by Gasteiger charge is 2.40. The molecule has 0 aromatic heterocycles. The molecule has 2 heterocycles. The fourth-order valence-corrected chi connectivity index (χ4v) is 6.68. The number of hydrogen-bond donors (Lipinski definition) is 0. The molecule has 2 aliphatic rings. The average molecular weight is 506 g/mol. The predicted molar refractivity (Wildman–Crippen MR) is 147 cm³/mol. The van der Waals surface area contributed by atoms with Gasteiger partial charge in [-0.25, -0.2) is 4.99 Å². The second kappa shape index (κ2) is 9.17. The van der Waals surface area contributed by atoms with Crippen LogP contribution in [0.25, 0.3) is 0 Å². The van der Waals surface area contributed by atoms with E-state index in [9.17, 15) is 4.79 Å². The second-order valence-electron chi connectivity index (χ2n) is 8.36. The van der Waals surface area contributed by atoms with E-state index in [2.05, 4.69) is 37.8 Å². The summed E-state index contributed by atoms with van der Waals surface area (Å²) in [4.78, 5) is 24.6. The van der Waals surface area contributed by atoms with Gasteiger partial charge in [-0.2, -0.15) is 0 Å². The zero-order valence-electron chi connectivity index (χ0n) is 19.4. The Hall–Kier alpha value is -2.67. The monoisotopic (exact) mass is 505 g/mol. The van der Waals surface area contributed by atoms with Gasteiger partial charge in [0, 0.05) is 16.5 Å². The number of thioether (sulfide) groups is 2. The average Bonchev–Trinajstić information content (AvgIpc) is 3.32. The van der Waals surface area contributed by atoms with Crippen LogP contribution in [0, 0.1) is 20.8 Å². The van der Waals surface area contributed by atoms with E-state index in [1.165, 1.54) is 17.3 Å². The molecule has 0 aliphatic carbocycles. The first-order chi connectivity index (χ1) is 16.4. The van der Waals surface area contributed by atoms with Gasteiger partial charge in [0.25, 0.3) is 5.91 Å². The number of amides is 1. The largest absolute Gasteiger partial charge is 0.334 e. The number of aryl methyl sites for hydroxylation is 3. The minimum absolute atomic E-state index is 0.0565. The molecule has 1 fully saturated rings. The van der Waals surface area contributed by atoms with Crippen LogP contribution in [0.2, 0.25) is 5.02 Å². The van der Waals surface area contributed by atoms with E-state index in [0.717, 1.165) is 44.7 Å². The molecular formula is C27H24ClN3OS2. The Labute approximate surface area is 213 Å². The first-order valence-electron chi connectivity index (χ1n) is 11.1. The summed E-state index contributed by atoms with van der Waals surface area (Å²) in [6, 6.07) is 20.1. The summed E-state index contributed by atoms with van der Waals surface area (Å²) in [5.74, 6) is -0.0565. The number of hydrogen-bond acceptors (Lipinski definition) is 5. The van der Waals surface area contributed by atoms with Crippen molar-refractivity contribution in [3.05, 3.63) is 92.3 Å². The summed E-state index contributed by atoms with van der Waals surface area (Å²) in [6.07, 6.45) is 0. The molecule has 1 amide bonds. The molecular weight excluding hydrogens is 482 g/mol. The minimum atomic E-state index is -0.0565. The quantitative estimate of drug-likeness (QED) is 0.340. The minimum Gasteiger partial charge on any atom is -0.334 e. The third kappa shape index (κ3) is 4.15. The predicted octanol–water partition coefficient (Wildman–Crippen LogP) is 7.83. The molecule has 34 heavy (non-hydrogen) atoms. The summed E-state index contributed by atoms with van der Waals surface area (Å²) in [6.45, 7) is 8.98. The van der Waals surface area contributed by atoms with E-state index in [1.807, 2.05) is 55.5 Å².